The fourth-order valence-electron chi connectivity index (χ4n) is 1.18. The molecule has 15 heavy (non-hydrogen) atoms. The van der Waals surface area contributed by atoms with Crippen LogP contribution in [0.5, 0.6) is 0 Å². The van der Waals surface area contributed by atoms with E-state index < -0.39 is 11.6 Å². The molecule has 3 nitrogen and oxygen atoms in total. The van der Waals surface area contributed by atoms with E-state index in [1.807, 2.05) is 0 Å². The maximum Gasteiger partial charge on any atom is 0.230 e. The Morgan fingerprint density at radius 2 is 2.00 bits per heavy atom. The number of nitrogens with two attached hydrogens (primary N) is 1. The lowest BCUT2D eigenvalue weighted by atomic mass is 10.1. The first-order valence-electron chi connectivity index (χ1n) is 3.95. The summed E-state index contributed by atoms with van der Waals surface area (Å²) in [5.41, 5.74) is 6.00. The minimum atomic E-state index is -1.12. The molecule has 0 atom stereocenters. The third-order valence-corrected chi connectivity index (χ3v) is 2.29. The Labute approximate surface area is 88.4 Å². The molecule has 0 bridgehead atoms. The van der Waals surface area contributed by atoms with Crippen LogP contribution in [0.1, 0.15) is 0 Å². The maximum atomic E-state index is 13.1. The largest absolute Gasteiger partial charge is 0.367 e. The molecular weight excluding hydrogens is 226 g/mol. The van der Waals surface area contributed by atoms with Gasteiger partial charge < -0.3 is 10.3 Å². The van der Waals surface area contributed by atoms with Crippen molar-refractivity contribution >= 4 is 17.5 Å². The zero-order chi connectivity index (χ0) is 11.0. The van der Waals surface area contributed by atoms with E-state index in [4.69, 9.17) is 17.3 Å². The fraction of sp³-hybridized carbons (Fsp3) is 0. The van der Waals surface area contributed by atoms with E-state index in [0.717, 1.165) is 6.07 Å². The highest BCUT2D eigenvalue weighted by Crippen LogP contribution is 2.34. The highest BCUT2D eigenvalue weighted by Gasteiger charge is 2.16. The zero-order valence-electron chi connectivity index (χ0n) is 7.30. The quantitative estimate of drug-likeness (QED) is 0.767. The summed E-state index contributed by atoms with van der Waals surface area (Å²) in [4.78, 5) is 0. The number of nitrogens with zero attached hydrogens (tertiary/aromatic N) is 1. The number of halogens is 3. The van der Waals surface area contributed by atoms with Crippen LogP contribution in [0.4, 0.5) is 14.7 Å². The van der Waals surface area contributed by atoms with Crippen LogP contribution in [0.15, 0.2) is 22.9 Å². The molecule has 0 aliphatic rings. The van der Waals surface area contributed by atoms with E-state index in [0.29, 0.717) is 5.56 Å². The van der Waals surface area contributed by atoms with Gasteiger partial charge in [-0.2, -0.15) is 0 Å². The average molecular weight is 231 g/mol. The summed E-state index contributed by atoms with van der Waals surface area (Å²) in [5, 5.41) is 3.07. The predicted octanol–water partition coefficient (Wildman–Crippen LogP) is 2.86. The average Bonchev–Trinajstić information content (AvgIpc) is 2.62. The number of anilines is 1. The van der Waals surface area contributed by atoms with Gasteiger partial charge in [-0.15, -0.1) is 0 Å². The summed E-state index contributed by atoms with van der Waals surface area (Å²) in [7, 11) is 0. The van der Waals surface area contributed by atoms with E-state index in [9.17, 15) is 8.78 Å². The van der Waals surface area contributed by atoms with Crippen LogP contribution in [-0.4, -0.2) is 5.16 Å². The fourth-order valence-corrected chi connectivity index (χ4v) is 1.44. The van der Waals surface area contributed by atoms with Crippen molar-refractivity contribution in [3.05, 3.63) is 35.0 Å². The van der Waals surface area contributed by atoms with Crippen molar-refractivity contribution in [3.8, 4) is 11.1 Å². The first kappa shape index (κ1) is 9.92. The number of rotatable bonds is 1. The molecule has 1 heterocycles. The SMILES string of the molecule is Nc1oncc1-c1ccc(F)c(F)c1Cl. The number of hydrogen-bond acceptors (Lipinski definition) is 3. The first-order chi connectivity index (χ1) is 7.11. The molecule has 0 aliphatic heterocycles. The van der Waals surface area contributed by atoms with Crippen LogP contribution in [-0.2, 0) is 0 Å². The second-order valence-electron chi connectivity index (χ2n) is 2.83. The smallest absolute Gasteiger partial charge is 0.230 e. The van der Waals surface area contributed by atoms with Crippen molar-refractivity contribution in [2.45, 2.75) is 0 Å². The van der Waals surface area contributed by atoms with Crippen molar-refractivity contribution in [2.24, 2.45) is 0 Å². The number of hydrogen-bond donors (Lipinski definition) is 1. The van der Waals surface area contributed by atoms with Crippen LogP contribution in [0, 0.1) is 11.6 Å². The molecule has 1 aromatic carbocycles. The first-order valence-corrected chi connectivity index (χ1v) is 4.33. The summed E-state index contributed by atoms with van der Waals surface area (Å²) in [6, 6.07) is 2.27. The van der Waals surface area contributed by atoms with Crippen LogP contribution >= 0.6 is 11.6 Å². The molecular formula is C9H5ClF2N2O. The Bertz CT molecular complexity index is 513. The predicted molar refractivity (Wildman–Crippen MR) is 51.3 cm³/mol. The molecule has 0 unspecified atom stereocenters. The maximum absolute atomic E-state index is 13.1. The van der Waals surface area contributed by atoms with Gasteiger partial charge in [0.2, 0.25) is 5.88 Å². The number of benzene rings is 1. The normalized spacial score (nSPS) is 10.6. The lowest BCUT2D eigenvalue weighted by Crippen LogP contribution is -1.90. The highest BCUT2D eigenvalue weighted by molar-refractivity contribution is 6.33. The van der Waals surface area contributed by atoms with E-state index in [-0.39, 0.29) is 16.5 Å². The van der Waals surface area contributed by atoms with Gasteiger partial charge in [-0.25, -0.2) is 8.78 Å². The zero-order valence-corrected chi connectivity index (χ0v) is 8.05. The molecule has 78 valence electrons. The molecule has 6 heteroatoms. The van der Waals surface area contributed by atoms with Gasteiger partial charge in [0, 0.05) is 5.56 Å². The van der Waals surface area contributed by atoms with Gasteiger partial charge in [0.15, 0.2) is 11.6 Å². The van der Waals surface area contributed by atoms with Gasteiger partial charge >= 0.3 is 0 Å². The molecule has 0 radical (unpaired) electrons. The molecule has 0 spiro atoms. The summed E-state index contributed by atoms with van der Waals surface area (Å²) < 4.78 is 30.5. The van der Waals surface area contributed by atoms with Crippen LogP contribution in [0.25, 0.3) is 11.1 Å². The third kappa shape index (κ3) is 1.55. The molecule has 0 fully saturated rings. The monoisotopic (exact) mass is 230 g/mol. The molecule has 2 rings (SSSR count). The van der Waals surface area contributed by atoms with E-state index in [1.165, 1.54) is 12.3 Å². The Hall–Kier alpha value is -1.62. The standard InChI is InChI=1S/C9H5ClF2N2O/c10-7-4(1-2-6(11)8(7)12)5-3-14-15-9(5)13/h1-3H,13H2. The van der Waals surface area contributed by atoms with Crippen molar-refractivity contribution in [3.63, 3.8) is 0 Å². The Kier molecular flexibility index (Phi) is 2.32. The molecule has 1 aromatic heterocycles. The second kappa shape index (κ2) is 3.51. The Balaban J connectivity index is 2.65. The summed E-state index contributed by atoms with van der Waals surface area (Å²) >= 11 is 5.62. The van der Waals surface area contributed by atoms with Gasteiger partial charge in [-0.1, -0.05) is 16.8 Å². The molecule has 0 amide bonds. The Morgan fingerprint density at radius 1 is 1.27 bits per heavy atom. The van der Waals surface area contributed by atoms with Crippen LogP contribution in [0.2, 0.25) is 5.02 Å². The van der Waals surface area contributed by atoms with E-state index in [1.54, 1.807) is 0 Å². The van der Waals surface area contributed by atoms with Crippen molar-refractivity contribution in [1.29, 1.82) is 0 Å². The van der Waals surface area contributed by atoms with Crippen LogP contribution in [0.3, 0.4) is 0 Å². The van der Waals surface area contributed by atoms with Crippen molar-refractivity contribution in [2.75, 3.05) is 5.73 Å². The molecule has 0 saturated carbocycles. The van der Waals surface area contributed by atoms with Gasteiger partial charge in [-0.05, 0) is 12.1 Å². The van der Waals surface area contributed by atoms with Crippen molar-refractivity contribution in [1.82, 2.24) is 5.16 Å². The summed E-state index contributed by atoms with van der Waals surface area (Å²) in [5.74, 6) is -2.13. The molecule has 0 saturated heterocycles. The van der Waals surface area contributed by atoms with Gasteiger partial charge in [0.1, 0.15) is 0 Å². The summed E-state index contributed by atoms with van der Waals surface area (Å²) in [6.07, 6.45) is 1.29. The number of nitrogen functional groups attached to an aromatic ring is 1. The molecule has 2 aromatic rings. The van der Waals surface area contributed by atoms with Gasteiger partial charge in [0.05, 0.1) is 16.8 Å². The van der Waals surface area contributed by atoms with E-state index in [2.05, 4.69) is 9.68 Å². The highest BCUT2D eigenvalue weighted by atomic mass is 35.5. The van der Waals surface area contributed by atoms with Crippen molar-refractivity contribution < 1.29 is 13.3 Å². The number of aromatic nitrogens is 1. The minimum absolute atomic E-state index is 0.00269. The molecule has 0 aliphatic carbocycles. The van der Waals surface area contributed by atoms with Crippen LogP contribution < -0.4 is 5.73 Å². The van der Waals surface area contributed by atoms with Gasteiger partial charge in [-0.3, -0.25) is 0 Å². The lowest BCUT2D eigenvalue weighted by Gasteiger charge is -2.03. The topological polar surface area (TPSA) is 52.0 Å². The summed E-state index contributed by atoms with van der Waals surface area (Å²) in [6.45, 7) is 0. The third-order valence-electron chi connectivity index (χ3n) is 1.92. The lowest BCUT2D eigenvalue weighted by molar-refractivity contribution is 0.436. The molecule has 2 N–H and O–H groups in total. The minimum Gasteiger partial charge on any atom is -0.367 e. The van der Waals surface area contributed by atoms with Gasteiger partial charge in [0.25, 0.3) is 0 Å². The van der Waals surface area contributed by atoms with E-state index >= 15 is 0 Å². The Morgan fingerprint density at radius 3 is 2.60 bits per heavy atom. The second-order valence-corrected chi connectivity index (χ2v) is 3.20.